The SMILES string of the molecule is CCCCCCC(C)(C)CCC(=O)O[SiH3]. The Labute approximate surface area is 97.3 Å². The summed E-state index contributed by atoms with van der Waals surface area (Å²) >= 11 is 0. The van der Waals surface area contributed by atoms with Gasteiger partial charge in [-0.25, -0.2) is 0 Å². The van der Waals surface area contributed by atoms with Gasteiger partial charge in [0.2, 0.25) is 10.5 Å². The van der Waals surface area contributed by atoms with E-state index in [1.165, 1.54) is 32.1 Å². The van der Waals surface area contributed by atoms with E-state index < -0.39 is 0 Å². The molecule has 0 aliphatic heterocycles. The highest BCUT2D eigenvalue weighted by Gasteiger charge is 2.18. The number of unbranched alkanes of at least 4 members (excludes halogenated alkanes) is 3. The van der Waals surface area contributed by atoms with Gasteiger partial charge >= 0.3 is 0 Å². The largest absolute Gasteiger partial charge is 0.529 e. The van der Waals surface area contributed by atoms with Crippen LogP contribution in [0.25, 0.3) is 0 Å². The fraction of sp³-hybridized carbons (Fsp3) is 0.917. The van der Waals surface area contributed by atoms with Crippen LogP contribution in [0.3, 0.4) is 0 Å². The molecule has 0 atom stereocenters. The third kappa shape index (κ3) is 8.67. The summed E-state index contributed by atoms with van der Waals surface area (Å²) < 4.78 is 4.79. The van der Waals surface area contributed by atoms with Crippen molar-refractivity contribution in [2.45, 2.75) is 65.7 Å². The standard InChI is InChI=1S/C12H26O2Si/c1-4-5-6-7-9-12(2,3)10-8-11(13)14-15/h4-10H2,1-3,15H3. The van der Waals surface area contributed by atoms with Gasteiger partial charge in [-0.1, -0.05) is 46.5 Å². The van der Waals surface area contributed by atoms with Gasteiger partial charge in [-0.15, -0.1) is 0 Å². The van der Waals surface area contributed by atoms with Gasteiger partial charge in [0.15, 0.2) is 0 Å². The van der Waals surface area contributed by atoms with Gasteiger partial charge < -0.3 is 4.43 Å². The molecule has 0 heterocycles. The van der Waals surface area contributed by atoms with Gasteiger partial charge in [-0.2, -0.15) is 0 Å². The topological polar surface area (TPSA) is 26.3 Å². The van der Waals surface area contributed by atoms with Crippen LogP contribution in [0.15, 0.2) is 0 Å². The minimum absolute atomic E-state index is 0.0247. The summed E-state index contributed by atoms with van der Waals surface area (Å²) in [6.45, 7) is 6.73. The molecule has 0 amide bonds. The van der Waals surface area contributed by atoms with Crippen LogP contribution in [-0.2, 0) is 9.22 Å². The average Bonchev–Trinajstić information content (AvgIpc) is 2.21. The highest BCUT2D eigenvalue weighted by molar-refractivity contribution is 6.05. The van der Waals surface area contributed by atoms with E-state index >= 15 is 0 Å². The zero-order chi connectivity index (χ0) is 11.7. The highest BCUT2D eigenvalue weighted by Crippen LogP contribution is 2.29. The fourth-order valence-electron chi connectivity index (χ4n) is 1.70. The number of hydrogen-bond acceptors (Lipinski definition) is 2. The van der Waals surface area contributed by atoms with Crippen LogP contribution in [0.1, 0.15) is 65.7 Å². The van der Waals surface area contributed by atoms with Crippen LogP contribution in [0.4, 0.5) is 0 Å². The maximum atomic E-state index is 11.0. The molecule has 0 aliphatic carbocycles. The lowest BCUT2D eigenvalue weighted by Gasteiger charge is -2.23. The minimum Gasteiger partial charge on any atom is -0.529 e. The van der Waals surface area contributed by atoms with Crippen LogP contribution in [0.5, 0.6) is 0 Å². The van der Waals surface area contributed by atoms with Gasteiger partial charge in [0, 0.05) is 6.42 Å². The van der Waals surface area contributed by atoms with Crippen LogP contribution < -0.4 is 0 Å². The summed E-state index contributed by atoms with van der Waals surface area (Å²) in [7, 11) is 0.528. The zero-order valence-corrected chi connectivity index (χ0v) is 12.8. The molecular formula is C12H26O2Si. The van der Waals surface area contributed by atoms with Crippen LogP contribution >= 0.6 is 0 Å². The lowest BCUT2D eigenvalue weighted by atomic mass is 9.82. The molecule has 0 unspecified atom stereocenters. The van der Waals surface area contributed by atoms with Crippen molar-refractivity contribution in [1.82, 2.24) is 0 Å². The van der Waals surface area contributed by atoms with E-state index in [1.807, 2.05) is 0 Å². The summed E-state index contributed by atoms with van der Waals surface area (Å²) in [6.07, 6.45) is 8.00. The first kappa shape index (κ1) is 14.7. The van der Waals surface area contributed by atoms with Crippen molar-refractivity contribution >= 4 is 16.5 Å². The van der Waals surface area contributed by atoms with Gasteiger partial charge in [0.1, 0.15) is 0 Å². The number of carbonyl (C=O) groups excluding carboxylic acids is 1. The van der Waals surface area contributed by atoms with Crippen LogP contribution in [0.2, 0.25) is 0 Å². The van der Waals surface area contributed by atoms with E-state index in [-0.39, 0.29) is 5.97 Å². The van der Waals surface area contributed by atoms with Gasteiger partial charge in [0.25, 0.3) is 5.97 Å². The van der Waals surface area contributed by atoms with E-state index in [0.29, 0.717) is 22.3 Å². The summed E-state index contributed by atoms with van der Waals surface area (Å²) in [5, 5.41) is 0. The Hall–Kier alpha value is -0.313. The third-order valence-corrected chi connectivity index (χ3v) is 3.40. The molecule has 0 rings (SSSR count). The average molecular weight is 230 g/mol. The molecule has 0 saturated carbocycles. The predicted octanol–water partition coefficient (Wildman–Crippen LogP) is 2.59. The molecule has 0 fully saturated rings. The molecule has 2 nitrogen and oxygen atoms in total. The van der Waals surface area contributed by atoms with Crippen LogP contribution in [0, 0.1) is 5.41 Å². The zero-order valence-electron chi connectivity index (χ0n) is 10.8. The Balaban J connectivity index is 3.61. The molecule has 90 valence electrons. The number of carbonyl (C=O) groups is 1. The molecule has 0 aromatic heterocycles. The Bertz CT molecular complexity index is 178. The smallest absolute Gasteiger partial charge is 0.291 e. The van der Waals surface area contributed by atoms with E-state index in [4.69, 9.17) is 4.43 Å². The van der Waals surface area contributed by atoms with Gasteiger partial charge in [-0.3, -0.25) is 4.79 Å². The lowest BCUT2D eigenvalue weighted by molar-refractivity contribution is -0.134. The second-order valence-electron chi connectivity index (χ2n) is 5.05. The number of hydrogen-bond donors (Lipinski definition) is 0. The second kappa shape index (κ2) is 7.91. The Morgan fingerprint density at radius 3 is 2.40 bits per heavy atom. The molecule has 0 aromatic rings. The Morgan fingerprint density at radius 1 is 1.20 bits per heavy atom. The van der Waals surface area contributed by atoms with Crippen molar-refractivity contribution in [3.63, 3.8) is 0 Å². The molecule has 0 N–H and O–H groups in total. The molecule has 0 radical (unpaired) electrons. The summed E-state index contributed by atoms with van der Waals surface area (Å²) in [5.41, 5.74) is 0.295. The minimum atomic E-state index is -0.0247. The second-order valence-corrected chi connectivity index (χ2v) is 5.46. The van der Waals surface area contributed by atoms with Crippen molar-refractivity contribution in [2.75, 3.05) is 0 Å². The molecule has 15 heavy (non-hydrogen) atoms. The molecule has 0 spiro atoms. The quantitative estimate of drug-likeness (QED) is 0.473. The predicted molar refractivity (Wildman–Crippen MR) is 67.8 cm³/mol. The van der Waals surface area contributed by atoms with Crippen LogP contribution in [-0.4, -0.2) is 16.5 Å². The summed E-state index contributed by atoms with van der Waals surface area (Å²) in [5.74, 6) is -0.0247. The van der Waals surface area contributed by atoms with Crippen molar-refractivity contribution in [3.8, 4) is 0 Å². The van der Waals surface area contributed by atoms with E-state index in [2.05, 4.69) is 20.8 Å². The first-order valence-corrected chi connectivity index (χ1v) is 6.90. The Morgan fingerprint density at radius 2 is 1.87 bits per heavy atom. The first-order valence-electron chi connectivity index (χ1n) is 6.08. The van der Waals surface area contributed by atoms with E-state index in [1.54, 1.807) is 0 Å². The molecule has 0 aromatic carbocycles. The molecule has 3 heteroatoms. The summed E-state index contributed by atoms with van der Waals surface area (Å²) in [6, 6.07) is 0. The highest BCUT2D eigenvalue weighted by atomic mass is 28.2. The maximum Gasteiger partial charge on any atom is 0.291 e. The number of rotatable bonds is 8. The van der Waals surface area contributed by atoms with E-state index in [0.717, 1.165) is 6.42 Å². The monoisotopic (exact) mass is 230 g/mol. The van der Waals surface area contributed by atoms with Crippen molar-refractivity contribution in [2.24, 2.45) is 5.41 Å². The molecular weight excluding hydrogens is 204 g/mol. The first-order chi connectivity index (χ1) is 7.02. The normalized spacial score (nSPS) is 11.7. The van der Waals surface area contributed by atoms with Gasteiger partial charge in [-0.05, 0) is 18.3 Å². The van der Waals surface area contributed by atoms with Crippen molar-refractivity contribution in [1.29, 1.82) is 0 Å². The maximum absolute atomic E-state index is 11.0. The Kier molecular flexibility index (Phi) is 7.75. The van der Waals surface area contributed by atoms with Crippen molar-refractivity contribution in [3.05, 3.63) is 0 Å². The molecule has 0 bridgehead atoms. The fourth-order valence-corrected chi connectivity index (χ4v) is 1.90. The molecule has 0 saturated heterocycles. The molecule has 0 aliphatic rings. The third-order valence-electron chi connectivity index (χ3n) is 2.94. The lowest BCUT2D eigenvalue weighted by Crippen LogP contribution is -2.14. The summed E-state index contributed by atoms with van der Waals surface area (Å²) in [4.78, 5) is 11.0. The van der Waals surface area contributed by atoms with E-state index in [9.17, 15) is 4.79 Å². The van der Waals surface area contributed by atoms with Gasteiger partial charge in [0.05, 0.1) is 0 Å². The van der Waals surface area contributed by atoms with Crippen molar-refractivity contribution < 1.29 is 9.22 Å².